The van der Waals surface area contributed by atoms with Crippen LogP contribution in [0, 0.1) is 0 Å². The highest BCUT2D eigenvalue weighted by atomic mass is 16.7. The molecule has 0 aromatic carbocycles. The quantitative estimate of drug-likeness (QED) is 0.356. The molecule has 0 spiro atoms. The molecule has 0 amide bonds. The van der Waals surface area contributed by atoms with Gasteiger partial charge in [0.05, 0.1) is 0 Å². The standard InChI is InChI=1S/C9H16O5/c1-4-7(13-3)9(12,6-10)14-8(11)5-2/h5,7,10,12H,2,4,6H2,1,3H3. The Kier molecular flexibility index (Phi) is 5.37. The van der Waals surface area contributed by atoms with Gasteiger partial charge in [-0.1, -0.05) is 13.5 Å². The average Bonchev–Trinajstić information content (AvgIpc) is 2.19. The van der Waals surface area contributed by atoms with E-state index in [2.05, 4.69) is 11.3 Å². The van der Waals surface area contributed by atoms with E-state index in [9.17, 15) is 9.90 Å². The van der Waals surface area contributed by atoms with E-state index in [4.69, 9.17) is 9.84 Å². The van der Waals surface area contributed by atoms with Gasteiger partial charge in [0.25, 0.3) is 5.79 Å². The van der Waals surface area contributed by atoms with Crippen molar-refractivity contribution >= 4 is 5.97 Å². The minimum Gasteiger partial charge on any atom is -0.425 e. The van der Waals surface area contributed by atoms with Gasteiger partial charge in [-0.15, -0.1) is 0 Å². The van der Waals surface area contributed by atoms with Crippen molar-refractivity contribution in [2.75, 3.05) is 13.7 Å². The van der Waals surface area contributed by atoms with Crippen LogP contribution in [0.5, 0.6) is 0 Å². The topological polar surface area (TPSA) is 76.0 Å². The average molecular weight is 204 g/mol. The van der Waals surface area contributed by atoms with E-state index in [1.807, 2.05) is 0 Å². The van der Waals surface area contributed by atoms with E-state index < -0.39 is 24.5 Å². The van der Waals surface area contributed by atoms with Crippen LogP contribution in [0.4, 0.5) is 0 Å². The summed E-state index contributed by atoms with van der Waals surface area (Å²) >= 11 is 0. The van der Waals surface area contributed by atoms with Gasteiger partial charge in [0.15, 0.2) is 0 Å². The first-order valence-corrected chi connectivity index (χ1v) is 4.25. The second-order valence-electron chi connectivity index (χ2n) is 2.76. The third kappa shape index (κ3) is 3.10. The van der Waals surface area contributed by atoms with Crippen LogP contribution in [0.1, 0.15) is 13.3 Å². The van der Waals surface area contributed by atoms with Crippen molar-refractivity contribution in [1.82, 2.24) is 0 Å². The molecule has 0 heterocycles. The number of hydrogen-bond acceptors (Lipinski definition) is 5. The molecule has 0 saturated carbocycles. The lowest BCUT2D eigenvalue weighted by Crippen LogP contribution is -2.50. The third-order valence-corrected chi connectivity index (χ3v) is 1.83. The second-order valence-corrected chi connectivity index (χ2v) is 2.76. The molecule has 0 fully saturated rings. The summed E-state index contributed by atoms with van der Waals surface area (Å²) < 4.78 is 9.48. The Bertz CT molecular complexity index is 199. The fourth-order valence-corrected chi connectivity index (χ4v) is 1.09. The largest absolute Gasteiger partial charge is 0.425 e. The summed E-state index contributed by atoms with van der Waals surface area (Å²) in [4.78, 5) is 10.9. The summed E-state index contributed by atoms with van der Waals surface area (Å²) in [7, 11) is 1.36. The zero-order valence-corrected chi connectivity index (χ0v) is 8.40. The number of aliphatic hydroxyl groups is 2. The van der Waals surface area contributed by atoms with Gasteiger partial charge in [0, 0.05) is 13.2 Å². The van der Waals surface area contributed by atoms with Crippen LogP contribution in [0.25, 0.3) is 0 Å². The first-order valence-electron chi connectivity index (χ1n) is 4.25. The Morgan fingerprint density at radius 3 is 2.57 bits per heavy atom. The van der Waals surface area contributed by atoms with Gasteiger partial charge in [0.2, 0.25) is 0 Å². The highest BCUT2D eigenvalue weighted by molar-refractivity contribution is 5.81. The Balaban J connectivity index is 4.58. The van der Waals surface area contributed by atoms with Crippen LogP contribution < -0.4 is 0 Å². The lowest BCUT2D eigenvalue weighted by atomic mass is 10.1. The Hall–Kier alpha value is -0.910. The van der Waals surface area contributed by atoms with Gasteiger partial charge < -0.3 is 19.7 Å². The number of rotatable bonds is 6. The molecule has 0 aromatic heterocycles. The fraction of sp³-hybridized carbons (Fsp3) is 0.667. The minimum atomic E-state index is -2.01. The Morgan fingerprint density at radius 2 is 2.29 bits per heavy atom. The highest BCUT2D eigenvalue weighted by Gasteiger charge is 2.39. The molecule has 0 bridgehead atoms. The number of esters is 1. The van der Waals surface area contributed by atoms with Gasteiger partial charge >= 0.3 is 5.97 Å². The SMILES string of the molecule is C=CC(=O)OC(O)(CO)C(CC)OC. The summed E-state index contributed by atoms with van der Waals surface area (Å²) in [6.45, 7) is 4.19. The van der Waals surface area contributed by atoms with Crippen LogP contribution in [-0.2, 0) is 14.3 Å². The zero-order chi connectivity index (χ0) is 11.2. The van der Waals surface area contributed by atoms with Crippen molar-refractivity contribution in [3.63, 3.8) is 0 Å². The molecule has 0 aromatic rings. The smallest absolute Gasteiger partial charge is 0.332 e. The molecular weight excluding hydrogens is 188 g/mol. The molecule has 14 heavy (non-hydrogen) atoms. The van der Waals surface area contributed by atoms with Crippen molar-refractivity contribution < 1.29 is 24.5 Å². The highest BCUT2D eigenvalue weighted by Crippen LogP contribution is 2.18. The molecule has 2 atom stereocenters. The summed E-state index contributed by atoms with van der Waals surface area (Å²) in [6, 6.07) is 0. The van der Waals surface area contributed by atoms with Gasteiger partial charge in [-0.05, 0) is 6.42 Å². The van der Waals surface area contributed by atoms with E-state index in [0.717, 1.165) is 6.08 Å². The third-order valence-electron chi connectivity index (χ3n) is 1.83. The summed E-state index contributed by atoms with van der Waals surface area (Å²) in [6.07, 6.45) is 0.539. The number of carbonyl (C=O) groups excluding carboxylic acids is 1. The van der Waals surface area contributed by atoms with E-state index >= 15 is 0 Å². The first kappa shape index (κ1) is 13.1. The van der Waals surface area contributed by atoms with E-state index in [0.29, 0.717) is 6.42 Å². The van der Waals surface area contributed by atoms with Crippen LogP contribution in [-0.4, -0.2) is 41.8 Å². The summed E-state index contributed by atoms with van der Waals surface area (Å²) in [5.41, 5.74) is 0. The van der Waals surface area contributed by atoms with Gasteiger partial charge in [-0.2, -0.15) is 0 Å². The van der Waals surface area contributed by atoms with Gasteiger partial charge in [-0.25, -0.2) is 4.79 Å². The van der Waals surface area contributed by atoms with Gasteiger partial charge in [0.1, 0.15) is 12.7 Å². The molecule has 0 radical (unpaired) electrons. The number of hydrogen-bond donors (Lipinski definition) is 2. The van der Waals surface area contributed by atoms with Crippen molar-refractivity contribution in [2.45, 2.75) is 25.2 Å². The van der Waals surface area contributed by atoms with E-state index in [-0.39, 0.29) is 0 Å². The molecule has 5 heteroatoms. The molecule has 2 N–H and O–H groups in total. The van der Waals surface area contributed by atoms with Crippen molar-refractivity contribution in [3.8, 4) is 0 Å². The molecule has 2 unspecified atom stereocenters. The molecule has 82 valence electrons. The fourth-order valence-electron chi connectivity index (χ4n) is 1.09. The molecule has 0 rings (SSSR count). The Morgan fingerprint density at radius 1 is 1.71 bits per heavy atom. The first-order chi connectivity index (χ1) is 6.53. The molecule has 0 saturated heterocycles. The van der Waals surface area contributed by atoms with Crippen LogP contribution in [0.2, 0.25) is 0 Å². The molecule has 0 aliphatic rings. The van der Waals surface area contributed by atoms with Crippen LogP contribution >= 0.6 is 0 Å². The predicted octanol–water partition coefficient (Wildman–Crippen LogP) is -0.179. The Labute approximate surface area is 82.9 Å². The van der Waals surface area contributed by atoms with E-state index in [1.165, 1.54) is 7.11 Å². The lowest BCUT2D eigenvalue weighted by molar-refractivity contribution is -0.263. The monoisotopic (exact) mass is 204 g/mol. The number of methoxy groups -OCH3 is 1. The number of ether oxygens (including phenoxy) is 2. The summed E-state index contributed by atoms with van der Waals surface area (Å²) in [5, 5.41) is 18.6. The maximum absolute atomic E-state index is 10.9. The van der Waals surface area contributed by atoms with Crippen LogP contribution in [0.15, 0.2) is 12.7 Å². The molecular formula is C9H16O5. The molecule has 0 aliphatic carbocycles. The maximum Gasteiger partial charge on any atom is 0.332 e. The number of carbonyl (C=O) groups is 1. The van der Waals surface area contributed by atoms with Crippen molar-refractivity contribution in [2.24, 2.45) is 0 Å². The predicted molar refractivity (Wildman–Crippen MR) is 49.4 cm³/mol. The van der Waals surface area contributed by atoms with Gasteiger partial charge in [-0.3, -0.25) is 0 Å². The minimum absolute atomic E-state index is 0.401. The molecule has 0 aliphatic heterocycles. The van der Waals surface area contributed by atoms with E-state index in [1.54, 1.807) is 6.92 Å². The number of aliphatic hydroxyl groups excluding tert-OH is 1. The van der Waals surface area contributed by atoms with Crippen LogP contribution in [0.3, 0.4) is 0 Å². The van der Waals surface area contributed by atoms with Crippen molar-refractivity contribution in [1.29, 1.82) is 0 Å². The second kappa shape index (κ2) is 5.74. The molecule has 5 nitrogen and oxygen atoms in total. The summed E-state index contributed by atoms with van der Waals surface area (Å²) in [5.74, 6) is -2.81. The van der Waals surface area contributed by atoms with Crippen molar-refractivity contribution in [3.05, 3.63) is 12.7 Å². The normalized spacial score (nSPS) is 16.9. The zero-order valence-electron chi connectivity index (χ0n) is 8.40. The lowest BCUT2D eigenvalue weighted by Gasteiger charge is -2.31. The maximum atomic E-state index is 10.9.